The lowest BCUT2D eigenvalue weighted by molar-refractivity contribution is -0.159. The van der Waals surface area contributed by atoms with Crippen molar-refractivity contribution in [3.8, 4) is 6.07 Å². The van der Waals surface area contributed by atoms with E-state index in [1.807, 2.05) is 72.8 Å². The third-order valence-electron chi connectivity index (χ3n) is 6.79. The Hall–Kier alpha value is -4.25. The third-order valence-corrected chi connectivity index (χ3v) is 6.79. The summed E-state index contributed by atoms with van der Waals surface area (Å²) in [6, 6.07) is 28.7. The molecule has 2 amide bonds. The van der Waals surface area contributed by atoms with Gasteiger partial charge in [-0.2, -0.15) is 5.26 Å². The van der Waals surface area contributed by atoms with E-state index < -0.39 is 11.8 Å². The van der Waals surface area contributed by atoms with Crippen molar-refractivity contribution in [3.63, 3.8) is 0 Å². The number of imidazole rings is 1. The first kappa shape index (κ1) is 25.8. The maximum atomic E-state index is 14.0. The van der Waals surface area contributed by atoms with E-state index in [-0.39, 0.29) is 29.5 Å². The van der Waals surface area contributed by atoms with Crippen LogP contribution < -0.4 is 4.48 Å². The van der Waals surface area contributed by atoms with Gasteiger partial charge in [0.2, 0.25) is 0 Å². The monoisotopic (exact) mass is 512 g/mol. The molecule has 8 heteroatoms. The van der Waals surface area contributed by atoms with Crippen molar-refractivity contribution >= 4 is 29.9 Å². The lowest BCUT2D eigenvalue weighted by atomic mass is 9.97. The number of benzene rings is 3. The Kier molecular flexibility index (Phi) is 7.83. The van der Waals surface area contributed by atoms with Crippen LogP contribution in [0.25, 0.3) is 0 Å². The average molecular weight is 513 g/mol. The van der Waals surface area contributed by atoms with Gasteiger partial charge >= 0.3 is 11.8 Å². The summed E-state index contributed by atoms with van der Waals surface area (Å²) in [5.74, 6) is -0.969. The molecule has 1 aromatic heterocycles. The predicted octanol–water partition coefficient (Wildman–Crippen LogP) is 4.39. The molecule has 7 nitrogen and oxygen atoms in total. The van der Waals surface area contributed by atoms with Gasteiger partial charge in [-0.15, -0.1) is 12.4 Å². The number of aromatic amines is 1. The first-order chi connectivity index (χ1) is 17.6. The van der Waals surface area contributed by atoms with E-state index in [4.69, 9.17) is 0 Å². The van der Waals surface area contributed by atoms with E-state index >= 15 is 0 Å². The molecule has 2 heterocycles. The maximum Gasteiger partial charge on any atom is 0.409 e. The molecule has 3 aromatic carbocycles. The number of halogens is 1. The summed E-state index contributed by atoms with van der Waals surface area (Å²) in [5, 5.41) is 9.20. The van der Waals surface area contributed by atoms with Crippen LogP contribution in [0.15, 0.2) is 97.5 Å². The fourth-order valence-corrected chi connectivity index (χ4v) is 4.99. The Morgan fingerprint density at radius 1 is 0.946 bits per heavy atom. The second-order valence-corrected chi connectivity index (χ2v) is 9.11. The fraction of sp³-hybridized carbons (Fsp3) is 0.172. The molecule has 2 atom stereocenters. The fourth-order valence-electron chi connectivity index (χ4n) is 4.99. The van der Waals surface area contributed by atoms with Gasteiger partial charge in [0, 0.05) is 11.8 Å². The molecule has 1 saturated heterocycles. The summed E-state index contributed by atoms with van der Waals surface area (Å²) in [6.07, 6.45) is 3.88. The highest BCUT2D eigenvalue weighted by molar-refractivity contribution is 6.38. The van der Waals surface area contributed by atoms with Crippen LogP contribution in [0.3, 0.4) is 0 Å². The van der Waals surface area contributed by atoms with Crippen molar-refractivity contribution in [2.45, 2.75) is 25.6 Å². The molecule has 0 radical (unpaired) electrons. The van der Waals surface area contributed by atoms with Crippen molar-refractivity contribution in [2.75, 3.05) is 6.54 Å². The van der Waals surface area contributed by atoms with E-state index in [0.717, 1.165) is 22.5 Å². The number of amides is 2. The van der Waals surface area contributed by atoms with E-state index in [0.29, 0.717) is 25.1 Å². The van der Waals surface area contributed by atoms with Gasteiger partial charge in [-0.25, -0.2) is 14.3 Å². The molecule has 0 aliphatic carbocycles. The van der Waals surface area contributed by atoms with E-state index in [2.05, 4.69) is 16.0 Å². The van der Waals surface area contributed by atoms with Crippen molar-refractivity contribution in [1.82, 2.24) is 19.4 Å². The Morgan fingerprint density at radius 2 is 1.62 bits per heavy atom. The lowest BCUT2D eigenvalue weighted by Gasteiger charge is -2.45. The van der Waals surface area contributed by atoms with Crippen LogP contribution in [0.2, 0.25) is 0 Å². The van der Waals surface area contributed by atoms with Gasteiger partial charge in [-0.3, -0.25) is 4.79 Å². The lowest BCUT2D eigenvalue weighted by Crippen LogP contribution is -2.70. The quantitative estimate of drug-likeness (QED) is 0.294. The number of nitrogens with one attached hydrogen (secondary N) is 1. The summed E-state index contributed by atoms with van der Waals surface area (Å²) in [4.78, 5) is 36.7. The smallest absolute Gasteiger partial charge is 0.347 e. The maximum absolute atomic E-state index is 14.0. The Balaban J connectivity index is 0.00000320. The van der Waals surface area contributed by atoms with Crippen molar-refractivity contribution in [3.05, 3.63) is 120 Å². The zero-order valence-electron chi connectivity index (χ0n) is 20.2. The number of carbonyl (C=O) groups is 2. The minimum Gasteiger partial charge on any atom is -0.347 e. The molecule has 0 spiro atoms. The Morgan fingerprint density at radius 3 is 2.24 bits per heavy atom. The number of quaternary nitrogens is 1. The first-order valence-electron chi connectivity index (χ1n) is 11.9. The number of carbonyl (C=O) groups excluding carboxylic acids is 2. The van der Waals surface area contributed by atoms with Crippen LogP contribution >= 0.6 is 12.4 Å². The first-order valence-corrected chi connectivity index (χ1v) is 11.9. The molecular weight excluding hydrogens is 486 g/mol. The third kappa shape index (κ3) is 5.31. The zero-order valence-corrected chi connectivity index (χ0v) is 21.0. The second-order valence-electron chi connectivity index (χ2n) is 9.11. The number of rotatable bonds is 7. The summed E-state index contributed by atoms with van der Waals surface area (Å²) in [7, 11) is 0. The van der Waals surface area contributed by atoms with E-state index in [1.54, 1.807) is 29.6 Å². The highest BCUT2D eigenvalue weighted by Gasteiger charge is 2.53. The highest BCUT2D eigenvalue weighted by atomic mass is 35.5. The van der Waals surface area contributed by atoms with Crippen LogP contribution in [0.1, 0.15) is 22.4 Å². The molecule has 1 aliphatic heterocycles. The van der Waals surface area contributed by atoms with Gasteiger partial charge in [-0.1, -0.05) is 60.7 Å². The van der Waals surface area contributed by atoms with Crippen LogP contribution in [0.5, 0.6) is 0 Å². The van der Waals surface area contributed by atoms with Crippen LogP contribution in [0.4, 0.5) is 5.69 Å². The van der Waals surface area contributed by atoms with Crippen LogP contribution in [-0.2, 0) is 29.1 Å². The Labute approximate surface area is 222 Å². The van der Waals surface area contributed by atoms with Crippen molar-refractivity contribution < 1.29 is 9.59 Å². The minimum atomic E-state index is -0.505. The SMILES string of the molecule is Cl.N#Cc1ccc(C[N@@+]2(c3ccccc3)CC(Cc3ccccc3)N(Cc3cnc[nH]3)C(=O)C2=O)cc1. The normalized spacial score (nSPS) is 19.2. The number of nitrogens with zero attached hydrogens (tertiary/aromatic N) is 4. The zero-order chi connectivity index (χ0) is 25.0. The summed E-state index contributed by atoms with van der Waals surface area (Å²) in [5.41, 5.74) is 4.10. The highest BCUT2D eigenvalue weighted by Crippen LogP contribution is 2.33. The number of hydrogen-bond acceptors (Lipinski definition) is 4. The molecule has 1 aliphatic rings. The van der Waals surface area contributed by atoms with Gasteiger partial charge in [-0.05, 0) is 36.2 Å². The van der Waals surface area contributed by atoms with Gasteiger partial charge in [0.25, 0.3) is 0 Å². The Bertz CT molecular complexity index is 1390. The molecule has 1 N–H and O–H groups in total. The molecule has 4 aromatic rings. The minimum absolute atomic E-state index is 0. The van der Waals surface area contributed by atoms with E-state index in [1.165, 1.54) is 0 Å². The van der Waals surface area contributed by atoms with Gasteiger partial charge < -0.3 is 9.88 Å². The van der Waals surface area contributed by atoms with Crippen molar-refractivity contribution in [1.29, 1.82) is 5.26 Å². The van der Waals surface area contributed by atoms with E-state index in [9.17, 15) is 14.9 Å². The average Bonchev–Trinajstić information content (AvgIpc) is 3.44. The molecule has 5 rings (SSSR count). The summed E-state index contributed by atoms with van der Waals surface area (Å²) in [6.45, 7) is 1.04. The largest absolute Gasteiger partial charge is 0.409 e. The number of piperazine rings is 1. The standard InChI is InChI=1S/C29H26N5O2.ClH/c30-16-23-11-13-24(14-12-23)19-34(27-9-5-2-6-10-27)20-26(15-22-7-3-1-4-8-22)33(28(35)29(34)36)18-25-17-31-21-32-25;/h1-14,17,21,26H,15,18-20H2,(H,31,32);1H/q+1;/t26?,34-;/m0./s1. The van der Waals surface area contributed by atoms with Crippen molar-refractivity contribution in [2.24, 2.45) is 0 Å². The number of para-hydroxylation sites is 1. The summed E-state index contributed by atoms with van der Waals surface area (Å²) < 4.78 is -0.109. The molecule has 1 fully saturated rings. The molecule has 0 saturated carbocycles. The number of aromatic nitrogens is 2. The topological polar surface area (TPSA) is 89.8 Å². The number of H-pyrrole nitrogens is 1. The van der Waals surface area contributed by atoms with Gasteiger partial charge in [0.05, 0.1) is 36.2 Å². The molecule has 186 valence electrons. The predicted molar refractivity (Wildman–Crippen MR) is 143 cm³/mol. The molecule has 0 bridgehead atoms. The summed E-state index contributed by atoms with van der Waals surface area (Å²) >= 11 is 0. The number of hydrogen-bond donors (Lipinski definition) is 1. The van der Waals surface area contributed by atoms with Gasteiger partial charge in [0.15, 0.2) is 0 Å². The van der Waals surface area contributed by atoms with Gasteiger partial charge in [0.1, 0.15) is 18.8 Å². The van der Waals surface area contributed by atoms with Crippen LogP contribution in [0, 0.1) is 11.3 Å². The molecule has 1 unspecified atom stereocenters. The molecule has 37 heavy (non-hydrogen) atoms. The molecular formula is C29H27ClN5O2+. The second kappa shape index (κ2) is 11.2. The van der Waals surface area contributed by atoms with Crippen LogP contribution in [-0.4, -0.2) is 39.3 Å². The number of nitriles is 1.